The van der Waals surface area contributed by atoms with Crippen molar-refractivity contribution in [2.75, 3.05) is 22.0 Å². The highest BCUT2D eigenvalue weighted by Gasteiger charge is 2.36. The Balaban J connectivity index is 2.01. The van der Waals surface area contributed by atoms with E-state index in [9.17, 15) is 26.4 Å². The van der Waals surface area contributed by atoms with Gasteiger partial charge in [0.2, 0.25) is 15.0 Å². The second-order valence-corrected chi connectivity index (χ2v) is 11.5. The van der Waals surface area contributed by atoms with Crippen LogP contribution >= 0.6 is 11.3 Å². The van der Waals surface area contributed by atoms with Crippen LogP contribution in [-0.2, 0) is 21.2 Å². The van der Waals surface area contributed by atoms with Gasteiger partial charge in [-0.3, -0.25) is 4.72 Å². The molecule has 0 fully saturated rings. The molecule has 0 aliphatic carbocycles. The Morgan fingerprint density at radius 1 is 1.27 bits per heavy atom. The van der Waals surface area contributed by atoms with Crippen molar-refractivity contribution in [2.45, 2.75) is 71.6 Å². The lowest BCUT2D eigenvalue weighted by molar-refractivity contribution is -0.106. The highest BCUT2D eigenvalue weighted by Crippen LogP contribution is 2.41. The standard InChI is InChI=1S/C22H29F3N6O4S2/c1-5-9-35-20(32)19-27-29-21(36-19)28-26-16-10-14-7-8-15(6-2)31(13(3)4)18(14)11-17(16)30-37(33,34)12-22(23,24)25/h10-11,13,15,30H,5-9,12H2,1-4H3. The summed E-state index contributed by atoms with van der Waals surface area (Å²) in [5.74, 6) is -2.70. The largest absolute Gasteiger partial charge is 0.460 e. The molecule has 3 rings (SSSR count). The van der Waals surface area contributed by atoms with Crippen molar-refractivity contribution in [3.05, 3.63) is 22.7 Å². The monoisotopic (exact) mass is 562 g/mol. The van der Waals surface area contributed by atoms with Gasteiger partial charge in [0.15, 0.2) is 5.75 Å². The molecule has 0 spiro atoms. The molecule has 1 N–H and O–H groups in total. The smallest absolute Gasteiger partial charge is 0.404 e. The predicted octanol–water partition coefficient (Wildman–Crippen LogP) is 5.76. The van der Waals surface area contributed by atoms with Crippen molar-refractivity contribution < 1.29 is 31.1 Å². The number of aromatic nitrogens is 2. The van der Waals surface area contributed by atoms with Crippen LogP contribution in [0.25, 0.3) is 0 Å². The number of nitrogens with zero attached hydrogens (tertiary/aromatic N) is 5. The number of azo groups is 1. The van der Waals surface area contributed by atoms with E-state index in [0.717, 1.165) is 35.4 Å². The van der Waals surface area contributed by atoms with Crippen molar-refractivity contribution in [2.24, 2.45) is 10.2 Å². The first kappa shape index (κ1) is 28.8. The zero-order valence-electron chi connectivity index (χ0n) is 20.9. The van der Waals surface area contributed by atoms with Crippen LogP contribution in [0, 0.1) is 0 Å². The maximum atomic E-state index is 12.9. The molecule has 1 aliphatic rings. The number of anilines is 2. The minimum Gasteiger partial charge on any atom is -0.460 e. The van der Waals surface area contributed by atoms with E-state index in [1.54, 1.807) is 6.07 Å². The number of hydrogen-bond donors (Lipinski definition) is 1. The summed E-state index contributed by atoms with van der Waals surface area (Å²) in [6.07, 6.45) is -1.89. The van der Waals surface area contributed by atoms with E-state index >= 15 is 0 Å². The van der Waals surface area contributed by atoms with Crippen LogP contribution in [0.15, 0.2) is 22.4 Å². The highest BCUT2D eigenvalue weighted by molar-refractivity contribution is 7.92. The Labute approximate surface area is 217 Å². The van der Waals surface area contributed by atoms with Crippen LogP contribution in [0.1, 0.15) is 62.3 Å². The van der Waals surface area contributed by atoms with E-state index < -0.39 is 27.9 Å². The zero-order valence-corrected chi connectivity index (χ0v) is 22.5. The first-order valence-electron chi connectivity index (χ1n) is 11.8. The number of carbonyl (C=O) groups excluding carboxylic acids is 1. The average molecular weight is 563 g/mol. The van der Waals surface area contributed by atoms with Gasteiger partial charge in [-0.2, -0.15) is 13.2 Å². The van der Waals surface area contributed by atoms with Gasteiger partial charge >= 0.3 is 12.1 Å². The molecule has 0 saturated carbocycles. The van der Waals surface area contributed by atoms with E-state index in [0.29, 0.717) is 12.8 Å². The molecule has 1 aromatic heterocycles. The summed E-state index contributed by atoms with van der Waals surface area (Å²) in [5.41, 5.74) is 1.48. The molecule has 0 amide bonds. The lowest BCUT2D eigenvalue weighted by atomic mass is 9.92. The lowest BCUT2D eigenvalue weighted by Gasteiger charge is -2.42. The molecule has 15 heteroatoms. The molecular formula is C22H29F3N6O4S2. The van der Waals surface area contributed by atoms with Gasteiger partial charge in [-0.15, -0.1) is 20.4 Å². The van der Waals surface area contributed by atoms with Crippen LogP contribution in [0.3, 0.4) is 0 Å². The zero-order chi connectivity index (χ0) is 27.4. The molecule has 2 aromatic rings. The molecule has 1 atom stereocenters. The molecule has 0 radical (unpaired) electrons. The van der Waals surface area contributed by atoms with E-state index in [4.69, 9.17) is 4.74 Å². The molecule has 1 aliphatic heterocycles. The van der Waals surface area contributed by atoms with Gasteiger partial charge in [-0.25, -0.2) is 13.2 Å². The fourth-order valence-corrected chi connectivity index (χ4v) is 5.66. The topological polar surface area (TPSA) is 126 Å². The minimum absolute atomic E-state index is 0.000113. The predicted molar refractivity (Wildman–Crippen MR) is 135 cm³/mol. The van der Waals surface area contributed by atoms with Crippen molar-refractivity contribution >= 4 is 49.5 Å². The fraction of sp³-hybridized carbons (Fsp3) is 0.591. The van der Waals surface area contributed by atoms with Crippen molar-refractivity contribution in [1.82, 2.24) is 10.2 Å². The number of ether oxygens (including phenoxy) is 1. The second-order valence-electron chi connectivity index (χ2n) is 8.80. The van der Waals surface area contributed by atoms with Gasteiger partial charge in [-0.1, -0.05) is 25.2 Å². The maximum absolute atomic E-state index is 12.9. The number of sulfonamides is 1. The Morgan fingerprint density at radius 2 is 2.00 bits per heavy atom. The van der Waals surface area contributed by atoms with Gasteiger partial charge in [-0.05, 0) is 57.2 Å². The number of esters is 1. The van der Waals surface area contributed by atoms with E-state index in [-0.39, 0.29) is 40.2 Å². The summed E-state index contributed by atoms with van der Waals surface area (Å²) in [6.45, 7) is 8.11. The molecule has 2 heterocycles. The van der Waals surface area contributed by atoms with E-state index in [2.05, 4.69) is 32.2 Å². The molecule has 0 bridgehead atoms. The number of rotatable bonds is 10. The van der Waals surface area contributed by atoms with Crippen molar-refractivity contribution in [3.8, 4) is 0 Å². The minimum atomic E-state index is -4.92. The molecule has 1 unspecified atom stereocenters. The number of aryl methyl sites for hydroxylation is 1. The SMILES string of the molecule is CCCOC(=O)c1nnc(N=Nc2cc3c(cc2NS(=O)(=O)CC(F)(F)F)N(C(C)C)C(CC)CC3)s1. The fourth-order valence-electron chi connectivity index (χ4n) is 4.09. The molecule has 37 heavy (non-hydrogen) atoms. The first-order chi connectivity index (χ1) is 17.3. The number of nitrogens with one attached hydrogen (secondary N) is 1. The van der Waals surface area contributed by atoms with Gasteiger partial charge in [0.25, 0.3) is 5.13 Å². The summed E-state index contributed by atoms with van der Waals surface area (Å²) >= 11 is 0.821. The van der Waals surface area contributed by atoms with E-state index in [1.165, 1.54) is 6.07 Å². The van der Waals surface area contributed by atoms with Gasteiger partial charge < -0.3 is 9.64 Å². The van der Waals surface area contributed by atoms with Crippen molar-refractivity contribution in [1.29, 1.82) is 0 Å². The first-order valence-corrected chi connectivity index (χ1v) is 14.2. The Kier molecular flexibility index (Phi) is 9.10. The Morgan fingerprint density at radius 3 is 2.62 bits per heavy atom. The number of halogens is 3. The summed E-state index contributed by atoms with van der Waals surface area (Å²) < 4.78 is 70.3. The van der Waals surface area contributed by atoms with Gasteiger partial charge in [0.1, 0.15) is 5.69 Å². The molecule has 10 nitrogen and oxygen atoms in total. The van der Waals surface area contributed by atoms with Crippen LogP contribution in [0.5, 0.6) is 0 Å². The number of fused-ring (bicyclic) bond motifs is 1. The number of benzene rings is 1. The van der Waals surface area contributed by atoms with Crippen LogP contribution in [0.2, 0.25) is 0 Å². The number of alkyl halides is 3. The van der Waals surface area contributed by atoms with Crippen LogP contribution < -0.4 is 9.62 Å². The summed E-state index contributed by atoms with van der Waals surface area (Å²) in [5, 5.41) is 15.5. The summed E-state index contributed by atoms with van der Waals surface area (Å²) in [6, 6.07) is 3.39. The highest BCUT2D eigenvalue weighted by atomic mass is 32.2. The third kappa shape index (κ3) is 7.60. The normalized spacial score (nSPS) is 16.3. The molecule has 0 saturated heterocycles. The molecule has 1 aromatic carbocycles. The quantitative estimate of drug-likeness (QED) is 0.288. The number of carbonyl (C=O) groups is 1. The average Bonchev–Trinajstić information content (AvgIpc) is 3.27. The van der Waals surface area contributed by atoms with Gasteiger partial charge in [0, 0.05) is 17.8 Å². The third-order valence-electron chi connectivity index (χ3n) is 5.53. The Hall–Kier alpha value is -2.81. The van der Waals surface area contributed by atoms with Crippen molar-refractivity contribution in [3.63, 3.8) is 0 Å². The maximum Gasteiger partial charge on any atom is 0.404 e. The second kappa shape index (κ2) is 11.7. The molecular weight excluding hydrogens is 533 g/mol. The van der Waals surface area contributed by atoms with Crippen LogP contribution in [0.4, 0.5) is 35.4 Å². The molecule has 204 valence electrons. The van der Waals surface area contributed by atoms with E-state index in [1.807, 2.05) is 25.5 Å². The summed E-state index contributed by atoms with van der Waals surface area (Å²) in [4.78, 5) is 14.1. The Bertz CT molecular complexity index is 1250. The van der Waals surface area contributed by atoms with Gasteiger partial charge in [0.05, 0.1) is 12.3 Å². The third-order valence-corrected chi connectivity index (χ3v) is 7.56. The lowest BCUT2D eigenvalue weighted by Crippen LogP contribution is -2.43. The summed E-state index contributed by atoms with van der Waals surface area (Å²) in [7, 11) is -4.78. The number of hydrogen-bond acceptors (Lipinski definition) is 10. The van der Waals surface area contributed by atoms with Crippen LogP contribution in [-0.4, -0.2) is 55.2 Å².